The van der Waals surface area contributed by atoms with E-state index in [0.717, 1.165) is 12.8 Å². The molecule has 1 saturated heterocycles. The molecule has 1 aromatic heterocycles. The predicted molar refractivity (Wildman–Crippen MR) is 93.9 cm³/mol. The number of aromatic nitrogens is 2. The molecule has 2 aromatic rings. The number of alkyl halides is 3. The van der Waals surface area contributed by atoms with Gasteiger partial charge < -0.3 is 19.9 Å². The zero-order valence-corrected chi connectivity index (χ0v) is 15.1. The zero-order valence-electron chi connectivity index (χ0n) is 15.1. The number of nitrogens with one attached hydrogen (secondary N) is 1. The lowest BCUT2D eigenvalue weighted by Gasteiger charge is -2.13. The summed E-state index contributed by atoms with van der Waals surface area (Å²) in [7, 11) is 0. The van der Waals surface area contributed by atoms with Gasteiger partial charge in [0.15, 0.2) is 5.69 Å². The second-order valence-electron chi connectivity index (χ2n) is 6.37. The number of hydrogen-bond donors (Lipinski definition) is 2. The average Bonchev–Trinajstić information content (AvgIpc) is 3.31. The molecule has 8 nitrogen and oxygen atoms in total. The molecular weight excluding hydrogens is 395 g/mol. The predicted octanol–water partition coefficient (Wildman–Crippen LogP) is 2.72. The Morgan fingerprint density at radius 3 is 2.83 bits per heavy atom. The number of benzene rings is 1. The summed E-state index contributed by atoms with van der Waals surface area (Å²) in [6, 6.07) is 5.47. The molecule has 1 aliphatic heterocycles. The lowest BCUT2D eigenvalue weighted by molar-refractivity contribution is -0.143. The molecule has 1 aromatic carbocycles. The maximum Gasteiger partial charge on any atom is 0.434 e. The third kappa shape index (κ3) is 5.12. The molecule has 0 radical (unpaired) electrons. The van der Waals surface area contributed by atoms with E-state index < -0.39 is 29.3 Å². The van der Waals surface area contributed by atoms with Crippen LogP contribution in [-0.4, -0.2) is 52.7 Å². The summed E-state index contributed by atoms with van der Waals surface area (Å²) in [5.41, 5.74) is -2.21. The Morgan fingerprint density at radius 2 is 2.17 bits per heavy atom. The fraction of sp³-hybridized carbons (Fsp3) is 0.389. The summed E-state index contributed by atoms with van der Waals surface area (Å²) in [4.78, 5) is 23.1. The number of ether oxygens (including phenoxy) is 2. The van der Waals surface area contributed by atoms with E-state index in [1.807, 2.05) is 0 Å². The molecule has 1 amide bonds. The van der Waals surface area contributed by atoms with Crippen molar-refractivity contribution in [3.05, 3.63) is 41.7 Å². The van der Waals surface area contributed by atoms with Gasteiger partial charge in [-0.15, -0.1) is 0 Å². The van der Waals surface area contributed by atoms with Gasteiger partial charge in [-0.05, 0) is 31.0 Å². The van der Waals surface area contributed by atoms with Crippen LogP contribution in [-0.2, 0) is 20.4 Å². The Kier molecular flexibility index (Phi) is 6.18. The van der Waals surface area contributed by atoms with E-state index in [4.69, 9.17) is 14.6 Å². The van der Waals surface area contributed by atoms with Gasteiger partial charge in [0.25, 0.3) is 0 Å². The molecule has 2 heterocycles. The van der Waals surface area contributed by atoms with Gasteiger partial charge in [-0.25, -0.2) is 9.48 Å². The number of rotatable bonds is 7. The number of carboxylic acid groups (broad SMARTS) is 1. The van der Waals surface area contributed by atoms with Crippen LogP contribution in [0.25, 0.3) is 5.69 Å². The highest BCUT2D eigenvalue weighted by Crippen LogP contribution is 2.34. The molecule has 0 unspecified atom stereocenters. The van der Waals surface area contributed by atoms with Crippen LogP contribution in [0.15, 0.2) is 30.5 Å². The number of aromatic carboxylic acids is 1. The molecule has 156 valence electrons. The van der Waals surface area contributed by atoms with Gasteiger partial charge in [0.2, 0.25) is 5.91 Å². The van der Waals surface area contributed by atoms with E-state index in [-0.39, 0.29) is 30.7 Å². The molecule has 0 aliphatic carbocycles. The average molecular weight is 413 g/mol. The SMILES string of the molecule is O=C(COC[C@H]1CCCO1)Nc1cccc(-n2ncc(C(=O)O)c2C(F)(F)F)c1. The van der Waals surface area contributed by atoms with Gasteiger partial charge in [-0.1, -0.05) is 6.07 Å². The molecule has 1 fully saturated rings. The van der Waals surface area contributed by atoms with Gasteiger partial charge in [0, 0.05) is 12.3 Å². The van der Waals surface area contributed by atoms with Gasteiger partial charge in [0.1, 0.15) is 12.2 Å². The van der Waals surface area contributed by atoms with Crippen molar-refractivity contribution in [1.82, 2.24) is 9.78 Å². The van der Waals surface area contributed by atoms with Crippen LogP contribution in [0.5, 0.6) is 0 Å². The van der Waals surface area contributed by atoms with Crippen molar-refractivity contribution in [2.75, 3.05) is 25.1 Å². The standard InChI is InChI=1S/C18H18F3N3O5/c19-18(20,21)16-14(17(26)27)8-22-24(16)12-4-1-3-11(7-12)23-15(25)10-28-9-13-5-2-6-29-13/h1,3-4,7-8,13H,2,5-6,9-10H2,(H,23,25)(H,26,27)/t13-/m1/s1. The van der Waals surface area contributed by atoms with Crippen LogP contribution in [0.3, 0.4) is 0 Å². The van der Waals surface area contributed by atoms with Gasteiger partial charge in [0.05, 0.1) is 24.6 Å². The number of nitrogens with zero attached hydrogens (tertiary/aromatic N) is 2. The number of amides is 1. The number of carboxylic acids is 1. The first-order valence-corrected chi connectivity index (χ1v) is 8.74. The molecule has 0 spiro atoms. The van der Waals surface area contributed by atoms with Crippen LogP contribution in [0.4, 0.5) is 18.9 Å². The van der Waals surface area contributed by atoms with Crippen LogP contribution in [0.2, 0.25) is 0 Å². The molecule has 0 saturated carbocycles. The van der Waals surface area contributed by atoms with Crippen LogP contribution < -0.4 is 5.32 Å². The number of anilines is 1. The van der Waals surface area contributed by atoms with E-state index in [0.29, 0.717) is 17.5 Å². The third-order valence-corrected chi connectivity index (χ3v) is 4.20. The quantitative estimate of drug-likeness (QED) is 0.724. The fourth-order valence-electron chi connectivity index (χ4n) is 2.94. The molecule has 3 rings (SSSR count). The Morgan fingerprint density at radius 1 is 1.38 bits per heavy atom. The first kappa shape index (κ1) is 20.8. The Balaban J connectivity index is 1.71. The summed E-state index contributed by atoms with van der Waals surface area (Å²) in [5, 5.41) is 15.1. The summed E-state index contributed by atoms with van der Waals surface area (Å²) in [5.74, 6) is -2.22. The molecule has 2 N–H and O–H groups in total. The Bertz CT molecular complexity index is 891. The molecule has 0 bridgehead atoms. The highest BCUT2D eigenvalue weighted by Gasteiger charge is 2.40. The van der Waals surface area contributed by atoms with Crippen LogP contribution in [0.1, 0.15) is 28.9 Å². The lowest BCUT2D eigenvalue weighted by Crippen LogP contribution is -2.22. The first-order valence-electron chi connectivity index (χ1n) is 8.74. The molecule has 11 heteroatoms. The minimum absolute atomic E-state index is 0.0323. The van der Waals surface area contributed by atoms with E-state index in [2.05, 4.69) is 10.4 Å². The minimum Gasteiger partial charge on any atom is -0.478 e. The van der Waals surface area contributed by atoms with Crippen LogP contribution in [0, 0.1) is 0 Å². The number of halogens is 3. The molecule has 1 aliphatic rings. The molecule has 29 heavy (non-hydrogen) atoms. The second-order valence-corrected chi connectivity index (χ2v) is 6.37. The maximum atomic E-state index is 13.3. The largest absolute Gasteiger partial charge is 0.478 e. The Labute approximate surface area is 163 Å². The van der Waals surface area contributed by atoms with Crippen molar-refractivity contribution < 1.29 is 37.3 Å². The van der Waals surface area contributed by atoms with E-state index in [1.54, 1.807) is 0 Å². The molecular formula is C18H18F3N3O5. The monoisotopic (exact) mass is 413 g/mol. The topological polar surface area (TPSA) is 103 Å². The number of hydrogen-bond acceptors (Lipinski definition) is 5. The zero-order chi connectivity index (χ0) is 21.0. The lowest BCUT2D eigenvalue weighted by atomic mass is 10.2. The first-order chi connectivity index (χ1) is 13.8. The Hall–Kier alpha value is -2.92. The van der Waals surface area contributed by atoms with Gasteiger partial charge in [-0.3, -0.25) is 4.79 Å². The van der Waals surface area contributed by atoms with Crippen molar-refractivity contribution in [2.24, 2.45) is 0 Å². The second kappa shape index (κ2) is 8.62. The van der Waals surface area contributed by atoms with Crippen LogP contribution >= 0.6 is 0 Å². The van der Waals surface area contributed by atoms with E-state index in [1.165, 1.54) is 24.3 Å². The highest BCUT2D eigenvalue weighted by atomic mass is 19.4. The molecule has 1 atom stereocenters. The third-order valence-electron chi connectivity index (χ3n) is 4.20. The minimum atomic E-state index is -4.93. The van der Waals surface area contributed by atoms with Crippen molar-refractivity contribution >= 4 is 17.6 Å². The summed E-state index contributed by atoms with van der Waals surface area (Å²) in [6.45, 7) is 0.723. The normalized spacial score (nSPS) is 16.7. The number of carbonyl (C=O) groups excluding carboxylic acids is 1. The summed E-state index contributed by atoms with van der Waals surface area (Å²) in [6.07, 6.45) is -2.51. The van der Waals surface area contributed by atoms with Crippen molar-refractivity contribution in [3.63, 3.8) is 0 Å². The van der Waals surface area contributed by atoms with E-state index >= 15 is 0 Å². The fourth-order valence-corrected chi connectivity index (χ4v) is 2.94. The van der Waals surface area contributed by atoms with Crippen molar-refractivity contribution in [2.45, 2.75) is 25.1 Å². The van der Waals surface area contributed by atoms with Gasteiger partial charge in [-0.2, -0.15) is 18.3 Å². The summed E-state index contributed by atoms with van der Waals surface area (Å²) >= 11 is 0. The van der Waals surface area contributed by atoms with Gasteiger partial charge >= 0.3 is 12.1 Å². The maximum absolute atomic E-state index is 13.3. The van der Waals surface area contributed by atoms with Crippen molar-refractivity contribution in [3.8, 4) is 5.69 Å². The highest BCUT2D eigenvalue weighted by molar-refractivity contribution is 5.92. The van der Waals surface area contributed by atoms with E-state index in [9.17, 15) is 22.8 Å². The number of carbonyl (C=O) groups is 2. The smallest absolute Gasteiger partial charge is 0.434 e. The summed E-state index contributed by atoms with van der Waals surface area (Å²) < 4.78 is 51.2. The van der Waals surface area contributed by atoms with Crippen molar-refractivity contribution in [1.29, 1.82) is 0 Å².